The van der Waals surface area contributed by atoms with Gasteiger partial charge in [0.05, 0.1) is 0 Å². The molecule has 1 atom stereocenters. The predicted octanol–water partition coefficient (Wildman–Crippen LogP) is 2.01. The van der Waals surface area contributed by atoms with Gasteiger partial charge in [0.15, 0.2) is 0 Å². The Bertz CT molecular complexity index is 815. The van der Waals surface area contributed by atoms with Gasteiger partial charge in [-0.1, -0.05) is 60.7 Å². The molecular weight excluding hydrogens is 366 g/mol. The van der Waals surface area contributed by atoms with E-state index in [0.29, 0.717) is 19.6 Å². The van der Waals surface area contributed by atoms with Crippen molar-refractivity contribution >= 4 is 17.7 Å². The number of nitrogens with one attached hydrogen (secondary N) is 1. The molecule has 152 valence electrons. The number of amides is 3. The third-order valence-electron chi connectivity index (χ3n) is 5.32. The van der Waals surface area contributed by atoms with Crippen molar-refractivity contribution in [3.63, 3.8) is 0 Å². The average molecular weight is 393 g/mol. The molecule has 6 nitrogen and oxygen atoms in total. The Balaban J connectivity index is 1.70. The Morgan fingerprint density at radius 2 is 1.38 bits per heavy atom. The molecule has 2 aromatic rings. The van der Waals surface area contributed by atoms with Gasteiger partial charge in [-0.3, -0.25) is 14.4 Å². The van der Waals surface area contributed by atoms with E-state index in [1.54, 1.807) is 0 Å². The molecular formula is C23H27N3O3. The highest BCUT2D eigenvalue weighted by Crippen LogP contribution is 2.27. The number of rotatable bonds is 7. The van der Waals surface area contributed by atoms with Gasteiger partial charge in [-0.05, 0) is 25.0 Å². The van der Waals surface area contributed by atoms with Crippen molar-refractivity contribution in [2.24, 2.45) is 0 Å². The molecule has 1 aliphatic heterocycles. The van der Waals surface area contributed by atoms with Gasteiger partial charge in [0.2, 0.25) is 5.91 Å². The molecule has 0 aromatic heterocycles. The SMILES string of the molecule is CCN1CCN(CC(=O)NC(C)C(c2ccccc2)c2ccccc2)C(=O)C1=O. The van der Waals surface area contributed by atoms with Crippen LogP contribution in [-0.2, 0) is 14.4 Å². The van der Waals surface area contributed by atoms with Gasteiger partial charge in [-0.15, -0.1) is 0 Å². The maximum Gasteiger partial charge on any atom is 0.312 e. The normalized spacial score (nSPS) is 15.6. The lowest BCUT2D eigenvalue weighted by atomic mass is 9.86. The highest BCUT2D eigenvalue weighted by molar-refractivity contribution is 6.35. The zero-order valence-corrected chi connectivity index (χ0v) is 16.9. The van der Waals surface area contributed by atoms with Crippen LogP contribution < -0.4 is 5.32 Å². The second kappa shape index (κ2) is 9.37. The van der Waals surface area contributed by atoms with Crippen molar-refractivity contribution in [2.75, 3.05) is 26.2 Å². The summed E-state index contributed by atoms with van der Waals surface area (Å²) >= 11 is 0. The molecule has 6 heteroatoms. The number of piperazine rings is 1. The number of likely N-dealkylation sites (N-methyl/N-ethyl adjacent to an activating group) is 1. The molecule has 29 heavy (non-hydrogen) atoms. The van der Waals surface area contributed by atoms with Crippen LogP contribution in [0.15, 0.2) is 60.7 Å². The van der Waals surface area contributed by atoms with Gasteiger partial charge in [0, 0.05) is 31.6 Å². The third-order valence-corrected chi connectivity index (χ3v) is 5.32. The molecule has 3 rings (SSSR count). The molecule has 1 saturated heterocycles. The minimum absolute atomic E-state index is 0.0179. The molecule has 2 aromatic carbocycles. The fourth-order valence-electron chi connectivity index (χ4n) is 3.81. The molecule has 0 spiro atoms. The Kier molecular flexibility index (Phi) is 6.65. The number of carbonyl (C=O) groups excluding carboxylic acids is 3. The number of nitrogens with zero attached hydrogens (tertiary/aromatic N) is 2. The molecule has 1 heterocycles. The Hall–Kier alpha value is -3.15. The van der Waals surface area contributed by atoms with Crippen molar-refractivity contribution in [3.05, 3.63) is 71.8 Å². The van der Waals surface area contributed by atoms with Crippen LogP contribution in [0.4, 0.5) is 0 Å². The second-order valence-corrected chi connectivity index (χ2v) is 7.27. The number of hydrogen-bond donors (Lipinski definition) is 1. The number of carbonyl (C=O) groups is 3. The summed E-state index contributed by atoms with van der Waals surface area (Å²) in [5.41, 5.74) is 2.21. The fourth-order valence-corrected chi connectivity index (χ4v) is 3.81. The zero-order valence-electron chi connectivity index (χ0n) is 16.9. The van der Waals surface area contributed by atoms with Gasteiger partial charge in [0.1, 0.15) is 6.54 Å². The van der Waals surface area contributed by atoms with Gasteiger partial charge in [-0.2, -0.15) is 0 Å². The minimum atomic E-state index is -0.608. The standard InChI is InChI=1S/C23H27N3O3/c1-3-25-14-15-26(23(29)22(25)28)16-20(27)24-17(2)21(18-10-6-4-7-11-18)19-12-8-5-9-13-19/h4-13,17,21H,3,14-16H2,1-2H3,(H,24,27). The lowest BCUT2D eigenvalue weighted by molar-refractivity contribution is -0.156. The van der Waals surface area contributed by atoms with Gasteiger partial charge >= 0.3 is 11.8 Å². The zero-order chi connectivity index (χ0) is 20.8. The highest BCUT2D eigenvalue weighted by Gasteiger charge is 2.33. The van der Waals surface area contributed by atoms with E-state index in [0.717, 1.165) is 11.1 Å². The summed E-state index contributed by atoms with van der Waals surface area (Å²) in [7, 11) is 0. The quantitative estimate of drug-likeness (QED) is 0.732. The van der Waals surface area contributed by atoms with Crippen molar-refractivity contribution in [1.29, 1.82) is 0 Å². The highest BCUT2D eigenvalue weighted by atomic mass is 16.2. The van der Waals surface area contributed by atoms with Crippen LogP contribution in [0, 0.1) is 0 Å². The van der Waals surface area contributed by atoms with Crippen LogP contribution in [0.25, 0.3) is 0 Å². The fraction of sp³-hybridized carbons (Fsp3) is 0.348. The monoisotopic (exact) mass is 393 g/mol. The van der Waals surface area contributed by atoms with Gasteiger partial charge in [0.25, 0.3) is 0 Å². The van der Waals surface area contributed by atoms with Crippen LogP contribution in [0.3, 0.4) is 0 Å². The van der Waals surface area contributed by atoms with Crippen LogP contribution in [-0.4, -0.2) is 59.7 Å². The summed E-state index contributed by atoms with van der Waals surface area (Å²) in [5.74, 6) is -1.43. The molecule has 1 fully saturated rings. The molecule has 0 aliphatic carbocycles. The predicted molar refractivity (Wildman–Crippen MR) is 111 cm³/mol. The van der Waals surface area contributed by atoms with E-state index in [1.807, 2.05) is 74.5 Å². The average Bonchev–Trinajstić information content (AvgIpc) is 2.73. The van der Waals surface area contributed by atoms with E-state index in [2.05, 4.69) is 5.32 Å². The lowest BCUT2D eigenvalue weighted by Crippen LogP contribution is -2.56. The molecule has 0 radical (unpaired) electrons. The molecule has 3 amide bonds. The molecule has 1 N–H and O–H groups in total. The van der Waals surface area contributed by atoms with E-state index in [4.69, 9.17) is 0 Å². The minimum Gasteiger partial charge on any atom is -0.351 e. The van der Waals surface area contributed by atoms with E-state index in [9.17, 15) is 14.4 Å². The third kappa shape index (κ3) is 4.83. The molecule has 1 aliphatic rings. The first-order chi connectivity index (χ1) is 14.0. The van der Waals surface area contributed by atoms with E-state index in [-0.39, 0.29) is 24.4 Å². The lowest BCUT2D eigenvalue weighted by Gasteiger charge is -2.33. The van der Waals surface area contributed by atoms with E-state index in [1.165, 1.54) is 9.80 Å². The smallest absolute Gasteiger partial charge is 0.312 e. The number of benzene rings is 2. The van der Waals surface area contributed by atoms with Crippen LogP contribution in [0.5, 0.6) is 0 Å². The topological polar surface area (TPSA) is 69.7 Å². The van der Waals surface area contributed by atoms with Crippen molar-refractivity contribution in [2.45, 2.75) is 25.8 Å². The first kappa shape index (κ1) is 20.6. The largest absolute Gasteiger partial charge is 0.351 e. The van der Waals surface area contributed by atoms with E-state index >= 15 is 0 Å². The van der Waals surface area contributed by atoms with Gasteiger partial charge < -0.3 is 15.1 Å². The van der Waals surface area contributed by atoms with Crippen molar-refractivity contribution in [3.8, 4) is 0 Å². The summed E-state index contributed by atoms with van der Waals surface area (Å²) in [5, 5.41) is 3.03. The first-order valence-corrected chi connectivity index (χ1v) is 9.98. The Morgan fingerprint density at radius 1 is 0.897 bits per heavy atom. The number of hydrogen-bond acceptors (Lipinski definition) is 3. The van der Waals surface area contributed by atoms with Crippen LogP contribution in [0.1, 0.15) is 30.9 Å². The Labute approximate surface area is 171 Å². The first-order valence-electron chi connectivity index (χ1n) is 9.98. The van der Waals surface area contributed by atoms with Crippen LogP contribution in [0.2, 0.25) is 0 Å². The van der Waals surface area contributed by atoms with Crippen LogP contribution >= 0.6 is 0 Å². The van der Waals surface area contributed by atoms with E-state index < -0.39 is 11.8 Å². The maximum atomic E-state index is 12.7. The summed E-state index contributed by atoms with van der Waals surface area (Å²) in [6, 6.07) is 19.9. The molecule has 1 unspecified atom stereocenters. The van der Waals surface area contributed by atoms with Crippen molar-refractivity contribution in [1.82, 2.24) is 15.1 Å². The van der Waals surface area contributed by atoms with Gasteiger partial charge in [-0.25, -0.2) is 0 Å². The Morgan fingerprint density at radius 3 is 1.90 bits per heavy atom. The molecule has 0 saturated carbocycles. The summed E-state index contributed by atoms with van der Waals surface area (Å²) in [4.78, 5) is 39.8. The second-order valence-electron chi connectivity index (χ2n) is 7.27. The summed E-state index contributed by atoms with van der Waals surface area (Å²) < 4.78 is 0. The summed E-state index contributed by atoms with van der Waals surface area (Å²) in [6.07, 6.45) is 0. The summed E-state index contributed by atoms with van der Waals surface area (Å²) in [6.45, 7) is 5.02. The van der Waals surface area contributed by atoms with Crippen molar-refractivity contribution < 1.29 is 14.4 Å². The molecule has 0 bridgehead atoms. The maximum absolute atomic E-state index is 12.7.